The Morgan fingerprint density at radius 2 is 2.08 bits per heavy atom. The summed E-state index contributed by atoms with van der Waals surface area (Å²) < 4.78 is 10.4. The molecule has 0 atom stereocenters. The minimum absolute atomic E-state index is 0.138. The van der Waals surface area contributed by atoms with Gasteiger partial charge in [-0.2, -0.15) is 0 Å². The normalized spacial score (nSPS) is 12.9. The Kier molecular flexibility index (Phi) is 4.70. The number of nitrogens with zero attached hydrogens (tertiary/aromatic N) is 2. The van der Waals surface area contributed by atoms with E-state index in [0.29, 0.717) is 17.3 Å². The molecule has 0 aliphatic carbocycles. The van der Waals surface area contributed by atoms with E-state index in [1.165, 1.54) is 4.90 Å². The topological polar surface area (TPSA) is 68.7 Å². The number of aromatic nitrogens is 1. The van der Waals surface area contributed by atoms with Crippen molar-refractivity contribution in [2.45, 2.75) is 20.3 Å². The lowest BCUT2D eigenvalue weighted by molar-refractivity contribution is -0.142. The third kappa shape index (κ3) is 3.20. The van der Waals surface area contributed by atoms with Gasteiger partial charge in [-0.1, -0.05) is 24.3 Å². The van der Waals surface area contributed by atoms with E-state index >= 15 is 0 Å². The molecule has 1 aromatic heterocycles. The molecule has 0 radical (unpaired) electrons. The van der Waals surface area contributed by atoms with Crippen LogP contribution in [0.4, 0.5) is 5.69 Å². The van der Waals surface area contributed by atoms with Gasteiger partial charge in [0, 0.05) is 11.1 Å². The molecule has 0 fully saturated rings. The van der Waals surface area contributed by atoms with Gasteiger partial charge in [0.1, 0.15) is 6.54 Å². The molecule has 6 nitrogen and oxygen atoms in total. The Balaban J connectivity index is 2.17. The molecule has 0 N–H and O–H groups in total. The SMILES string of the molecule is CCOC(=O)CN1C(=O)Cc2ccccc2-c2nc(OC)c(C)cc21. The molecule has 1 aliphatic heterocycles. The van der Waals surface area contributed by atoms with Gasteiger partial charge >= 0.3 is 5.97 Å². The van der Waals surface area contributed by atoms with Crippen molar-refractivity contribution in [3.63, 3.8) is 0 Å². The Bertz CT molecular complexity index is 832. The number of anilines is 1. The van der Waals surface area contributed by atoms with Crippen molar-refractivity contribution in [3.05, 3.63) is 41.5 Å². The molecule has 0 spiro atoms. The van der Waals surface area contributed by atoms with Crippen molar-refractivity contribution >= 4 is 17.6 Å². The summed E-state index contributed by atoms with van der Waals surface area (Å²) in [6, 6.07) is 9.46. The van der Waals surface area contributed by atoms with Gasteiger partial charge in [0.05, 0.1) is 31.5 Å². The lowest BCUT2D eigenvalue weighted by atomic mass is 10.0. The molecule has 130 valence electrons. The second kappa shape index (κ2) is 6.93. The summed E-state index contributed by atoms with van der Waals surface area (Å²) in [4.78, 5) is 30.9. The minimum atomic E-state index is -0.443. The molecule has 1 amide bonds. The summed E-state index contributed by atoms with van der Waals surface area (Å²) in [5, 5.41) is 0. The van der Waals surface area contributed by atoms with Crippen LogP contribution in [0.3, 0.4) is 0 Å². The highest BCUT2D eigenvalue weighted by atomic mass is 16.5. The second-order valence-corrected chi connectivity index (χ2v) is 5.80. The Morgan fingerprint density at radius 3 is 2.80 bits per heavy atom. The summed E-state index contributed by atoms with van der Waals surface area (Å²) in [5.41, 5.74) is 3.77. The molecule has 0 saturated carbocycles. The number of hydrogen-bond acceptors (Lipinski definition) is 5. The van der Waals surface area contributed by atoms with Crippen molar-refractivity contribution < 1.29 is 19.1 Å². The number of benzene rings is 1. The molecule has 0 unspecified atom stereocenters. The van der Waals surface area contributed by atoms with E-state index in [0.717, 1.165) is 16.7 Å². The van der Waals surface area contributed by atoms with Crippen molar-refractivity contribution in [2.75, 3.05) is 25.2 Å². The van der Waals surface area contributed by atoms with Crippen LogP contribution in [0.5, 0.6) is 5.88 Å². The van der Waals surface area contributed by atoms with E-state index in [1.54, 1.807) is 14.0 Å². The monoisotopic (exact) mass is 340 g/mol. The number of hydrogen-bond donors (Lipinski definition) is 0. The number of methoxy groups -OCH3 is 1. The van der Waals surface area contributed by atoms with Crippen LogP contribution in [-0.2, 0) is 20.7 Å². The average molecular weight is 340 g/mol. The summed E-state index contributed by atoms with van der Waals surface area (Å²) in [7, 11) is 1.56. The smallest absolute Gasteiger partial charge is 0.326 e. The standard InChI is InChI=1S/C19H20N2O4/c1-4-25-17(23)11-21-15-9-12(2)19(24-3)20-18(15)14-8-6-5-7-13(14)10-16(21)22/h5-9H,4,10-11H2,1-3H3. The first-order valence-electron chi connectivity index (χ1n) is 8.15. The van der Waals surface area contributed by atoms with E-state index in [4.69, 9.17) is 9.47 Å². The van der Waals surface area contributed by atoms with Crippen molar-refractivity contribution in [3.8, 4) is 17.1 Å². The number of carbonyl (C=O) groups is 2. The van der Waals surface area contributed by atoms with E-state index in [1.807, 2.05) is 37.3 Å². The maximum atomic E-state index is 12.8. The van der Waals surface area contributed by atoms with E-state index in [9.17, 15) is 9.59 Å². The molecule has 1 aromatic carbocycles. The maximum absolute atomic E-state index is 12.8. The largest absolute Gasteiger partial charge is 0.481 e. The summed E-state index contributed by atoms with van der Waals surface area (Å²) in [6.07, 6.45) is 0.202. The van der Waals surface area contributed by atoms with Crippen LogP contribution >= 0.6 is 0 Å². The van der Waals surface area contributed by atoms with Crippen LogP contribution in [0.15, 0.2) is 30.3 Å². The van der Waals surface area contributed by atoms with Crippen molar-refractivity contribution in [1.82, 2.24) is 4.98 Å². The Morgan fingerprint density at radius 1 is 1.32 bits per heavy atom. The van der Waals surface area contributed by atoms with Gasteiger partial charge in [0.25, 0.3) is 0 Å². The molecular formula is C19H20N2O4. The predicted octanol–water partition coefficient (Wildman–Crippen LogP) is 2.52. The van der Waals surface area contributed by atoms with E-state index < -0.39 is 5.97 Å². The number of amides is 1. The zero-order chi connectivity index (χ0) is 18.0. The van der Waals surface area contributed by atoms with Gasteiger partial charge in [0.15, 0.2) is 0 Å². The first kappa shape index (κ1) is 17.0. The first-order valence-corrected chi connectivity index (χ1v) is 8.15. The van der Waals surface area contributed by atoms with E-state index in [2.05, 4.69) is 4.98 Å². The van der Waals surface area contributed by atoms with Crippen molar-refractivity contribution in [1.29, 1.82) is 0 Å². The number of rotatable bonds is 4. The van der Waals surface area contributed by atoms with Gasteiger partial charge in [-0.15, -0.1) is 0 Å². The maximum Gasteiger partial charge on any atom is 0.326 e. The van der Waals surface area contributed by atoms with Gasteiger partial charge in [-0.25, -0.2) is 4.98 Å². The quantitative estimate of drug-likeness (QED) is 0.800. The molecule has 3 rings (SSSR count). The highest BCUT2D eigenvalue weighted by Crippen LogP contribution is 2.38. The van der Waals surface area contributed by atoms with Gasteiger partial charge in [0.2, 0.25) is 11.8 Å². The summed E-state index contributed by atoms with van der Waals surface area (Å²) in [6.45, 7) is 3.73. The molecule has 25 heavy (non-hydrogen) atoms. The number of pyridine rings is 1. The molecular weight excluding hydrogens is 320 g/mol. The number of esters is 1. The summed E-state index contributed by atoms with van der Waals surface area (Å²) in [5.74, 6) is -0.106. The van der Waals surface area contributed by atoms with Gasteiger partial charge < -0.3 is 9.47 Å². The van der Waals surface area contributed by atoms with E-state index in [-0.39, 0.29) is 25.5 Å². The fourth-order valence-corrected chi connectivity index (χ4v) is 3.00. The number of fused-ring (bicyclic) bond motifs is 3. The van der Waals surface area contributed by atoms with Crippen LogP contribution in [0, 0.1) is 6.92 Å². The van der Waals surface area contributed by atoms with Crippen molar-refractivity contribution in [2.24, 2.45) is 0 Å². The van der Waals surface area contributed by atoms with Crippen LogP contribution in [-0.4, -0.2) is 37.1 Å². The fraction of sp³-hybridized carbons (Fsp3) is 0.316. The van der Waals surface area contributed by atoms with Crippen LogP contribution in [0.25, 0.3) is 11.3 Å². The average Bonchev–Trinajstić information content (AvgIpc) is 2.70. The highest BCUT2D eigenvalue weighted by molar-refractivity contribution is 6.04. The number of aryl methyl sites for hydroxylation is 1. The van der Waals surface area contributed by atoms with Gasteiger partial charge in [-0.3, -0.25) is 14.5 Å². The van der Waals surface area contributed by atoms with Crippen LogP contribution in [0.2, 0.25) is 0 Å². The number of carbonyl (C=O) groups excluding carboxylic acids is 2. The molecule has 0 saturated heterocycles. The zero-order valence-electron chi connectivity index (χ0n) is 14.5. The first-order chi connectivity index (χ1) is 12.0. The third-order valence-electron chi connectivity index (χ3n) is 4.14. The Hall–Kier alpha value is -2.89. The predicted molar refractivity (Wildman–Crippen MR) is 93.7 cm³/mol. The van der Waals surface area contributed by atoms with Crippen LogP contribution < -0.4 is 9.64 Å². The zero-order valence-corrected chi connectivity index (χ0v) is 14.5. The molecule has 2 heterocycles. The molecule has 2 aromatic rings. The molecule has 0 bridgehead atoms. The lowest BCUT2D eigenvalue weighted by Crippen LogP contribution is -2.37. The lowest BCUT2D eigenvalue weighted by Gasteiger charge is -2.22. The third-order valence-corrected chi connectivity index (χ3v) is 4.14. The number of ether oxygens (including phenoxy) is 2. The minimum Gasteiger partial charge on any atom is -0.481 e. The van der Waals surface area contributed by atoms with Crippen LogP contribution in [0.1, 0.15) is 18.1 Å². The highest BCUT2D eigenvalue weighted by Gasteiger charge is 2.29. The summed E-state index contributed by atoms with van der Waals surface area (Å²) >= 11 is 0. The van der Waals surface area contributed by atoms with Gasteiger partial charge in [-0.05, 0) is 25.5 Å². The fourth-order valence-electron chi connectivity index (χ4n) is 3.00. The molecule has 1 aliphatic rings. The Labute approximate surface area is 146 Å². The molecule has 6 heteroatoms. The second-order valence-electron chi connectivity index (χ2n) is 5.80.